The third-order valence-corrected chi connectivity index (χ3v) is 7.06. The van der Waals surface area contributed by atoms with E-state index in [2.05, 4.69) is 20.8 Å². The van der Waals surface area contributed by atoms with E-state index in [9.17, 15) is 13.2 Å². The smallest absolute Gasteiger partial charge is 0.254 e. The minimum absolute atomic E-state index is 0.0134. The Bertz CT molecular complexity index is 826. The van der Waals surface area contributed by atoms with Crippen LogP contribution in [0.15, 0.2) is 6.33 Å². The molecule has 0 spiro atoms. The van der Waals surface area contributed by atoms with Gasteiger partial charge in [0.1, 0.15) is 11.3 Å². The summed E-state index contributed by atoms with van der Waals surface area (Å²) in [5.74, 6) is 0.122. The quantitative estimate of drug-likeness (QED) is 0.856. The monoisotopic (exact) mass is 355 g/mol. The normalized spacial score (nSPS) is 19.8. The fraction of sp³-hybridized carbons (Fsp3) is 0.538. The van der Waals surface area contributed by atoms with Gasteiger partial charge < -0.3 is 5.32 Å². The van der Waals surface area contributed by atoms with Gasteiger partial charge in [-0.05, 0) is 42.2 Å². The molecule has 23 heavy (non-hydrogen) atoms. The third-order valence-electron chi connectivity index (χ3n) is 4.03. The molecule has 1 N–H and O–H groups in total. The molecule has 0 radical (unpaired) electrons. The van der Waals surface area contributed by atoms with Crippen molar-refractivity contribution < 1.29 is 13.2 Å². The fourth-order valence-corrected chi connectivity index (χ4v) is 5.58. The number of carbonyl (C=O) groups is 1. The number of sulfone groups is 1. The number of hydrogen-bond donors (Lipinski definition) is 1. The molecule has 8 nitrogen and oxygen atoms in total. The predicted molar refractivity (Wildman–Crippen MR) is 85.6 cm³/mol. The zero-order chi connectivity index (χ0) is 16.6. The Kier molecular flexibility index (Phi) is 4.19. The number of carbonyl (C=O) groups excluding carboxylic acids is 1. The second-order valence-corrected chi connectivity index (χ2v) is 9.13. The summed E-state index contributed by atoms with van der Waals surface area (Å²) in [6, 6.07) is 0. The lowest BCUT2D eigenvalue weighted by molar-refractivity contribution is 0.0948. The van der Waals surface area contributed by atoms with Crippen molar-refractivity contribution in [1.29, 1.82) is 0 Å². The van der Waals surface area contributed by atoms with Crippen LogP contribution in [0.25, 0.3) is 5.00 Å². The fourth-order valence-electron chi connectivity index (χ4n) is 2.65. The molecular formula is C13H17N5O3S2. The summed E-state index contributed by atoms with van der Waals surface area (Å²) in [7, 11) is -2.94. The van der Waals surface area contributed by atoms with Gasteiger partial charge >= 0.3 is 0 Å². The second kappa shape index (κ2) is 6.00. The molecule has 2 aromatic heterocycles. The topological polar surface area (TPSA) is 107 Å². The largest absolute Gasteiger partial charge is 0.352 e. The van der Waals surface area contributed by atoms with Crippen LogP contribution in [-0.4, -0.2) is 52.6 Å². The number of thiophene rings is 1. The summed E-state index contributed by atoms with van der Waals surface area (Å²) in [5, 5.41) is 14.6. The summed E-state index contributed by atoms with van der Waals surface area (Å²) in [5.41, 5.74) is 1.43. The van der Waals surface area contributed by atoms with Gasteiger partial charge in [-0.15, -0.1) is 16.4 Å². The first-order valence-corrected chi connectivity index (χ1v) is 9.83. The molecule has 3 heterocycles. The number of tetrazole rings is 1. The molecule has 0 bridgehead atoms. The number of hydrogen-bond acceptors (Lipinski definition) is 7. The van der Waals surface area contributed by atoms with E-state index in [4.69, 9.17) is 0 Å². The predicted octanol–water partition coefficient (Wildman–Crippen LogP) is 0.505. The molecule has 1 aliphatic rings. The lowest BCUT2D eigenvalue weighted by atomic mass is 10.1. The summed E-state index contributed by atoms with van der Waals surface area (Å²) >= 11 is 1.45. The van der Waals surface area contributed by atoms with Crippen LogP contribution in [0.2, 0.25) is 0 Å². The van der Waals surface area contributed by atoms with Crippen molar-refractivity contribution in [2.75, 3.05) is 18.1 Å². The minimum Gasteiger partial charge on any atom is -0.352 e. The Labute approximate surface area is 137 Å². The molecule has 3 rings (SSSR count). The van der Waals surface area contributed by atoms with Crippen molar-refractivity contribution in [3.8, 4) is 5.00 Å². The Morgan fingerprint density at radius 3 is 2.87 bits per heavy atom. The highest BCUT2D eigenvalue weighted by atomic mass is 32.2. The van der Waals surface area contributed by atoms with Gasteiger partial charge in [-0.25, -0.2) is 8.42 Å². The minimum atomic E-state index is -2.94. The van der Waals surface area contributed by atoms with Gasteiger partial charge in [0.25, 0.3) is 5.91 Å². The van der Waals surface area contributed by atoms with E-state index >= 15 is 0 Å². The lowest BCUT2D eigenvalue weighted by Crippen LogP contribution is -2.30. The molecule has 0 aliphatic carbocycles. The van der Waals surface area contributed by atoms with E-state index in [0.29, 0.717) is 23.5 Å². The molecule has 10 heteroatoms. The summed E-state index contributed by atoms with van der Waals surface area (Å²) in [6.07, 6.45) is 2.05. The standard InChI is InChI=1S/C13H17N5O3S2/c1-8-9(2)22-13(18-7-15-16-17-18)11(8)12(19)14-5-10-3-4-23(20,21)6-10/h7,10H,3-6H2,1-2H3,(H,14,19)/t10-/m0/s1. The first-order valence-electron chi connectivity index (χ1n) is 7.19. The highest BCUT2D eigenvalue weighted by Crippen LogP contribution is 2.30. The van der Waals surface area contributed by atoms with Crippen molar-refractivity contribution >= 4 is 27.1 Å². The van der Waals surface area contributed by atoms with Gasteiger partial charge in [0.05, 0.1) is 17.1 Å². The maximum absolute atomic E-state index is 12.6. The van der Waals surface area contributed by atoms with Crippen LogP contribution < -0.4 is 5.32 Å². The molecule has 1 saturated heterocycles. The van der Waals surface area contributed by atoms with Crippen LogP contribution in [0, 0.1) is 19.8 Å². The van der Waals surface area contributed by atoms with Crippen molar-refractivity contribution in [1.82, 2.24) is 25.5 Å². The summed E-state index contributed by atoms with van der Waals surface area (Å²) in [6.45, 7) is 4.18. The first-order chi connectivity index (χ1) is 10.9. The van der Waals surface area contributed by atoms with E-state index < -0.39 is 9.84 Å². The average Bonchev–Trinajstić information content (AvgIpc) is 3.18. The van der Waals surface area contributed by atoms with E-state index in [0.717, 1.165) is 10.4 Å². The molecule has 1 amide bonds. The molecule has 124 valence electrons. The Morgan fingerprint density at radius 2 is 2.26 bits per heavy atom. The van der Waals surface area contributed by atoms with E-state index in [1.165, 1.54) is 22.3 Å². The van der Waals surface area contributed by atoms with Gasteiger partial charge in [0, 0.05) is 11.4 Å². The molecule has 1 fully saturated rings. The molecule has 0 unspecified atom stereocenters. The average molecular weight is 355 g/mol. The van der Waals surface area contributed by atoms with Crippen molar-refractivity contribution in [2.45, 2.75) is 20.3 Å². The zero-order valence-electron chi connectivity index (χ0n) is 12.8. The molecular weight excluding hydrogens is 338 g/mol. The Hall–Kier alpha value is -1.81. The number of nitrogens with one attached hydrogen (secondary N) is 1. The van der Waals surface area contributed by atoms with Crippen LogP contribution in [0.4, 0.5) is 0 Å². The Morgan fingerprint density at radius 1 is 1.48 bits per heavy atom. The summed E-state index contributed by atoms with van der Waals surface area (Å²) < 4.78 is 24.4. The summed E-state index contributed by atoms with van der Waals surface area (Å²) in [4.78, 5) is 13.6. The van der Waals surface area contributed by atoms with E-state index in [1.807, 2.05) is 13.8 Å². The van der Waals surface area contributed by atoms with Crippen molar-refractivity contribution in [3.05, 3.63) is 22.3 Å². The van der Waals surface area contributed by atoms with Gasteiger partial charge in [0.15, 0.2) is 9.84 Å². The van der Waals surface area contributed by atoms with Crippen molar-refractivity contribution in [2.24, 2.45) is 5.92 Å². The van der Waals surface area contributed by atoms with Crippen LogP contribution >= 0.6 is 11.3 Å². The molecule has 0 aromatic carbocycles. The number of aromatic nitrogens is 4. The molecule has 2 aromatic rings. The molecule has 1 aliphatic heterocycles. The van der Waals surface area contributed by atoms with Gasteiger partial charge in [0.2, 0.25) is 0 Å². The number of rotatable bonds is 4. The molecule has 1 atom stereocenters. The lowest BCUT2D eigenvalue weighted by Gasteiger charge is -2.10. The molecule has 0 saturated carbocycles. The van der Waals surface area contributed by atoms with Crippen LogP contribution in [0.3, 0.4) is 0 Å². The van der Waals surface area contributed by atoms with Crippen LogP contribution in [-0.2, 0) is 9.84 Å². The van der Waals surface area contributed by atoms with E-state index in [1.54, 1.807) is 0 Å². The highest BCUT2D eigenvalue weighted by molar-refractivity contribution is 7.91. The second-order valence-electron chi connectivity index (χ2n) is 5.70. The van der Waals surface area contributed by atoms with Crippen molar-refractivity contribution in [3.63, 3.8) is 0 Å². The van der Waals surface area contributed by atoms with Gasteiger partial charge in [-0.1, -0.05) is 0 Å². The van der Waals surface area contributed by atoms with Crippen LogP contribution in [0.5, 0.6) is 0 Å². The SMILES string of the molecule is Cc1sc(-n2cnnn2)c(C(=O)NC[C@@H]2CCS(=O)(=O)C2)c1C. The highest BCUT2D eigenvalue weighted by Gasteiger charge is 2.29. The number of aryl methyl sites for hydroxylation is 1. The van der Waals surface area contributed by atoms with Gasteiger partial charge in [-0.3, -0.25) is 4.79 Å². The number of amides is 1. The zero-order valence-corrected chi connectivity index (χ0v) is 14.4. The van der Waals surface area contributed by atoms with E-state index in [-0.39, 0.29) is 23.3 Å². The third kappa shape index (κ3) is 3.27. The van der Waals surface area contributed by atoms with Crippen LogP contribution in [0.1, 0.15) is 27.2 Å². The first kappa shape index (κ1) is 16.1. The maximum atomic E-state index is 12.6. The van der Waals surface area contributed by atoms with Gasteiger partial charge in [-0.2, -0.15) is 4.68 Å². The maximum Gasteiger partial charge on any atom is 0.254 e. The number of nitrogens with zero attached hydrogens (tertiary/aromatic N) is 4. The Balaban J connectivity index is 1.77.